The van der Waals surface area contributed by atoms with Crippen LogP contribution in [0, 0.1) is 6.92 Å². The Morgan fingerprint density at radius 1 is 0.879 bits per heavy atom. The lowest BCUT2D eigenvalue weighted by molar-refractivity contribution is -0.122. The minimum atomic E-state index is -0.814. The summed E-state index contributed by atoms with van der Waals surface area (Å²) >= 11 is 1.47. The number of primary amides is 1. The molecule has 0 saturated heterocycles. The molecule has 0 saturated carbocycles. The van der Waals surface area contributed by atoms with Crippen molar-refractivity contribution >= 4 is 23.2 Å². The van der Waals surface area contributed by atoms with E-state index in [9.17, 15) is 9.59 Å². The molecule has 2 N–H and O–H groups in total. The van der Waals surface area contributed by atoms with E-state index < -0.39 is 11.9 Å². The average molecular weight is 456 g/mol. The number of nitrogens with zero attached hydrogens (tertiary/aromatic N) is 2. The molecule has 0 aliphatic rings. The van der Waals surface area contributed by atoms with Crippen molar-refractivity contribution in [2.75, 3.05) is 0 Å². The van der Waals surface area contributed by atoms with Gasteiger partial charge < -0.3 is 10.6 Å². The molecule has 0 spiro atoms. The van der Waals surface area contributed by atoms with Gasteiger partial charge in [0.1, 0.15) is 11.7 Å². The molecule has 1 aromatic heterocycles. The van der Waals surface area contributed by atoms with Crippen molar-refractivity contribution in [3.8, 4) is 10.4 Å². The van der Waals surface area contributed by atoms with Crippen LogP contribution in [0.4, 0.5) is 0 Å². The van der Waals surface area contributed by atoms with E-state index in [2.05, 4.69) is 4.98 Å². The van der Waals surface area contributed by atoms with E-state index in [4.69, 9.17) is 5.73 Å². The van der Waals surface area contributed by atoms with Crippen LogP contribution in [-0.2, 0) is 17.8 Å². The van der Waals surface area contributed by atoms with Crippen LogP contribution in [0.5, 0.6) is 0 Å². The summed E-state index contributed by atoms with van der Waals surface area (Å²) in [5, 5.41) is 0.788. The summed E-state index contributed by atoms with van der Waals surface area (Å²) in [5.41, 5.74) is 8.98. The van der Waals surface area contributed by atoms with E-state index in [1.807, 2.05) is 97.9 Å². The van der Waals surface area contributed by atoms with Gasteiger partial charge in [-0.2, -0.15) is 0 Å². The van der Waals surface area contributed by atoms with Gasteiger partial charge >= 0.3 is 0 Å². The number of rotatable bonds is 8. The fourth-order valence-electron chi connectivity index (χ4n) is 3.80. The number of hydrogen-bond acceptors (Lipinski definition) is 4. The maximum absolute atomic E-state index is 14.0. The van der Waals surface area contributed by atoms with Crippen molar-refractivity contribution in [1.29, 1.82) is 0 Å². The Morgan fingerprint density at radius 3 is 2.00 bits per heavy atom. The summed E-state index contributed by atoms with van der Waals surface area (Å²) in [7, 11) is 0. The van der Waals surface area contributed by atoms with E-state index >= 15 is 0 Å². The molecule has 5 nitrogen and oxygen atoms in total. The minimum Gasteiger partial charge on any atom is -0.368 e. The Labute approximate surface area is 197 Å². The second-order valence-corrected chi connectivity index (χ2v) is 9.01. The number of carbonyl (C=O) groups is 2. The van der Waals surface area contributed by atoms with Crippen LogP contribution in [0.2, 0.25) is 0 Å². The Bertz CT molecular complexity index is 1220. The predicted molar refractivity (Wildman–Crippen MR) is 132 cm³/mol. The largest absolute Gasteiger partial charge is 0.368 e. The molecule has 1 heterocycles. The van der Waals surface area contributed by atoms with Crippen LogP contribution < -0.4 is 5.73 Å². The van der Waals surface area contributed by atoms with E-state index in [-0.39, 0.29) is 12.5 Å². The number of amides is 2. The smallest absolute Gasteiger partial charge is 0.274 e. The first-order valence-electron chi connectivity index (χ1n) is 10.7. The molecule has 4 rings (SSSR count). The first kappa shape index (κ1) is 22.4. The highest BCUT2D eigenvalue weighted by Gasteiger charge is 2.32. The molecule has 0 aliphatic heterocycles. The Hall–Kier alpha value is -3.77. The quantitative estimate of drug-likeness (QED) is 0.412. The molecule has 166 valence electrons. The first-order chi connectivity index (χ1) is 16.0. The van der Waals surface area contributed by atoms with Crippen LogP contribution in [0.3, 0.4) is 0 Å². The van der Waals surface area contributed by atoms with Gasteiger partial charge in [-0.1, -0.05) is 91.0 Å². The number of hydrogen-bond donors (Lipinski definition) is 1. The van der Waals surface area contributed by atoms with Crippen molar-refractivity contribution in [3.05, 3.63) is 113 Å². The molecule has 4 aromatic rings. The van der Waals surface area contributed by atoms with Gasteiger partial charge in [-0.15, -0.1) is 11.3 Å². The minimum absolute atomic E-state index is 0.255. The lowest BCUT2D eigenvalue weighted by atomic mass is 10.0. The maximum atomic E-state index is 14.0. The van der Waals surface area contributed by atoms with Crippen LogP contribution in [-0.4, -0.2) is 27.7 Å². The van der Waals surface area contributed by atoms with E-state index in [0.29, 0.717) is 12.1 Å². The van der Waals surface area contributed by atoms with Gasteiger partial charge in [-0.05, 0) is 23.6 Å². The number of carbonyl (C=O) groups excluding carboxylic acids is 2. The summed E-state index contributed by atoms with van der Waals surface area (Å²) < 4.78 is 0. The van der Waals surface area contributed by atoms with Gasteiger partial charge in [0, 0.05) is 13.0 Å². The molecule has 1 atom stereocenters. The van der Waals surface area contributed by atoms with Crippen LogP contribution >= 0.6 is 11.3 Å². The van der Waals surface area contributed by atoms with Gasteiger partial charge in [0.15, 0.2) is 0 Å². The molecule has 6 heteroatoms. The van der Waals surface area contributed by atoms with Crippen LogP contribution in [0.15, 0.2) is 91.0 Å². The third-order valence-electron chi connectivity index (χ3n) is 5.41. The lowest BCUT2D eigenvalue weighted by Crippen LogP contribution is -2.49. The zero-order valence-electron chi connectivity index (χ0n) is 18.3. The zero-order valence-corrected chi connectivity index (χ0v) is 19.2. The molecule has 0 aliphatic carbocycles. The van der Waals surface area contributed by atoms with E-state index in [1.54, 1.807) is 4.90 Å². The van der Waals surface area contributed by atoms with Crippen molar-refractivity contribution < 1.29 is 9.59 Å². The van der Waals surface area contributed by atoms with Crippen molar-refractivity contribution in [3.63, 3.8) is 0 Å². The van der Waals surface area contributed by atoms with Gasteiger partial charge in [-0.25, -0.2) is 4.98 Å². The second-order valence-electron chi connectivity index (χ2n) is 7.80. The Balaban J connectivity index is 1.76. The number of aryl methyl sites for hydroxylation is 1. The molecular weight excluding hydrogens is 430 g/mol. The lowest BCUT2D eigenvalue weighted by Gasteiger charge is -2.30. The third-order valence-corrected chi connectivity index (χ3v) is 6.43. The van der Waals surface area contributed by atoms with Crippen LogP contribution in [0.1, 0.15) is 26.6 Å². The third kappa shape index (κ3) is 5.35. The summed E-state index contributed by atoms with van der Waals surface area (Å²) in [6.07, 6.45) is 0.332. The molecule has 33 heavy (non-hydrogen) atoms. The molecule has 0 bridgehead atoms. The molecule has 1 unspecified atom stereocenters. The highest BCUT2D eigenvalue weighted by molar-refractivity contribution is 7.15. The predicted octanol–water partition coefficient (Wildman–Crippen LogP) is 4.86. The zero-order chi connectivity index (χ0) is 23.2. The molecule has 0 radical (unpaired) electrons. The van der Waals surface area contributed by atoms with Crippen molar-refractivity contribution in [1.82, 2.24) is 9.88 Å². The summed E-state index contributed by atoms with van der Waals surface area (Å²) in [6.45, 7) is 2.13. The fraction of sp³-hybridized carbons (Fsp3) is 0.148. The molecule has 0 fully saturated rings. The standard InChI is InChI=1S/C27H25N3O2S/c1-19-29-24(25(33-19)22-15-9-4-10-16-22)27(32)30(18-21-13-7-3-8-14-21)23(26(28)31)17-20-11-5-2-6-12-20/h2-16,23H,17-18H2,1H3,(H2,28,31). The van der Waals surface area contributed by atoms with E-state index in [0.717, 1.165) is 26.6 Å². The fourth-order valence-corrected chi connectivity index (χ4v) is 4.71. The summed E-state index contributed by atoms with van der Waals surface area (Å²) in [6, 6.07) is 28.1. The number of nitrogens with two attached hydrogens (primary N) is 1. The van der Waals surface area contributed by atoms with Gasteiger partial charge in [0.05, 0.1) is 9.88 Å². The second kappa shape index (κ2) is 10.2. The Morgan fingerprint density at radius 2 is 1.42 bits per heavy atom. The number of aromatic nitrogens is 1. The normalized spacial score (nSPS) is 11.7. The SMILES string of the molecule is Cc1nc(C(=O)N(Cc2ccccc2)C(Cc2ccccc2)C(N)=O)c(-c2ccccc2)s1. The molecular formula is C27H25N3O2S. The maximum Gasteiger partial charge on any atom is 0.274 e. The van der Waals surface area contributed by atoms with E-state index in [1.165, 1.54) is 11.3 Å². The number of thiazole rings is 1. The van der Waals surface area contributed by atoms with Crippen molar-refractivity contribution in [2.45, 2.75) is 25.9 Å². The van der Waals surface area contributed by atoms with Crippen molar-refractivity contribution in [2.24, 2.45) is 5.73 Å². The van der Waals surface area contributed by atoms with Gasteiger partial charge in [-0.3, -0.25) is 9.59 Å². The first-order valence-corrected chi connectivity index (χ1v) is 11.6. The molecule has 2 amide bonds. The highest BCUT2D eigenvalue weighted by atomic mass is 32.1. The average Bonchev–Trinajstić information content (AvgIpc) is 3.24. The Kier molecular flexibility index (Phi) is 6.95. The summed E-state index contributed by atoms with van der Waals surface area (Å²) in [4.78, 5) is 33.5. The number of benzene rings is 3. The summed E-state index contributed by atoms with van der Waals surface area (Å²) in [5.74, 6) is -0.849. The van der Waals surface area contributed by atoms with Crippen LogP contribution in [0.25, 0.3) is 10.4 Å². The monoisotopic (exact) mass is 455 g/mol. The highest BCUT2D eigenvalue weighted by Crippen LogP contribution is 2.31. The molecule has 3 aromatic carbocycles. The topological polar surface area (TPSA) is 76.3 Å². The van der Waals surface area contributed by atoms with Gasteiger partial charge in [0.25, 0.3) is 5.91 Å². The van der Waals surface area contributed by atoms with Gasteiger partial charge in [0.2, 0.25) is 5.91 Å².